The van der Waals surface area contributed by atoms with Crippen molar-refractivity contribution in [3.63, 3.8) is 0 Å². The van der Waals surface area contributed by atoms with Crippen LogP contribution < -0.4 is 0 Å². The molecule has 7 atom stereocenters. The predicted octanol–water partition coefficient (Wildman–Crippen LogP) is 1.89. The predicted molar refractivity (Wildman–Crippen MR) is 90.8 cm³/mol. The van der Waals surface area contributed by atoms with Crippen LogP contribution in [-0.4, -0.2) is 41.6 Å². The van der Waals surface area contributed by atoms with Gasteiger partial charge in [0.2, 0.25) is 0 Å². The van der Waals surface area contributed by atoms with E-state index >= 15 is 0 Å². The number of ether oxygens (including phenoxy) is 3. The van der Waals surface area contributed by atoms with Gasteiger partial charge in [0.1, 0.15) is 12.2 Å². The van der Waals surface area contributed by atoms with Crippen LogP contribution in [0.25, 0.3) is 0 Å². The van der Waals surface area contributed by atoms with E-state index in [4.69, 9.17) is 14.2 Å². The van der Waals surface area contributed by atoms with Gasteiger partial charge in [-0.05, 0) is 26.8 Å². The zero-order valence-electron chi connectivity index (χ0n) is 15.1. The van der Waals surface area contributed by atoms with Crippen molar-refractivity contribution in [1.82, 2.24) is 0 Å². The molecule has 2 heterocycles. The van der Waals surface area contributed by atoms with E-state index in [9.17, 15) is 14.4 Å². The van der Waals surface area contributed by atoms with E-state index in [-0.39, 0.29) is 23.4 Å². The number of epoxide rings is 1. The Bertz CT molecular complexity index is 792. The average Bonchev–Trinajstić information content (AvgIpc) is 2.95. The third-order valence-electron chi connectivity index (χ3n) is 6.28. The molecule has 0 N–H and O–H groups in total. The molecule has 0 bridgehead atoms. The minimum atomic E-state index is -0.963. The smallest absolute Gasteiger partial charge is 0.341 e. The molecule has 0 aromatic rings. The molecule has 2 saturated heterocycles. The van der Waals surface area contributed by atoms with Crippen LogP contribution in [-0.2, 0) is 28.6 Å². The molecular formula is C20H22O6. The molecular weight excluding hydrogens is 336 g/mol. The fourth-order valence-corrected chi connectivity index (χ4v) is 4.52. The van der Waals surface area contributed by atoms with Crippen LogP contribution in [0, 0.1) is 17.8 Å². The maximum Gasteiger partial charge on any atom is 0.341 e. The Balaban J connectivity index is 1.69. The number of hydrogen-bond donors (Lipinski definition) is 0. The number of ketones is 1. The van der Waals surface area contributed by atoms with Gasteiger partial charge in [-0.3, -0.25) is 4.79 Å². The van der Waals surface area contributed by atoms with Crippen LogP contribution in [0.5, 0.6) is 0 Å². The lowest BCUT2D eigenvalue weighted by molar-refractivity contribution is -0.158. The van der Waals surface area contributed by atoms with Crippen molar-refractivity contribution in [2.75, 3.05) is 0 Å². The summed E-state index contributed by atoms with van der Waals surface area (Å²) in [6.45, 7) is 13.3. The van der Waals surface area contributed by atoms with Gasteiger partial charge in [-0.1, -0.05) is 24.3 Å². The topological polar surface area (TPSA) is 82.2 Å². The minimum absolute atomic E-state index is 0.0390. The number of hydrogen-bond acceptors (Lipinski definition) is 6. The Kier molecular flexibility index (Phi) is 3.57. The summed E-state index contributed by atoms with van der Waals surface area (Å²) in [6.07, 6.45) is 0.444. The molecule has 2 aliphatic carbocycles. The standard InChI is InChI=1S/C20H22O6/c1-8-6-12(21)14-9(2)7-13(24-19(23)20(5)11(4)26-20)16-10(3)18(22)25-17(16)15(8)14/h6,11,13-17H,2-3,7H2,1,4-5H3. The number of carbonyl (C=O) groups excluding carboxylic acids is 3. The molecule has 4 aliphatic rings. The van der Waals surface area contributed by atoms with Crippen LogP contribution in [0.3, 0.4) is 0 Å². The summed E-state index contributed by atoms with van der Waals surface area (Å²) in [6, 6.07) is 0. The quantitative estimate of drug-likeness (QED) is 0.324. The minimum Gasteiger partial charge on any atom is -0.459 e. The number of esters is 2. The molecule has 0 aromatic carbocycles. The van der Waals surface area contributed by atoms with E-state index in [1.165, 1.54) is 0 Å². The fourth-order valence-electron chi connectivity index (χ4n) is 4.52. The molecule has 26 heavy (non-hydrogen) atoms. The Hall–Kier alpha value is -2.21. The van der Waals surface area contributed by atoms with Crippen molar-refractivity contribution < 1.29 is 28.6 Å². The van der Waals surface area contributed by atoms with E-state index < -0.39 is 41.6 Å². The van der Waals surface area contributed by atoms with Crippen LogP contribution in [0.4, 0.5) is 0 Å². The summed E-state index contributed by atoms with van der Waals surface area (Å²) in [5.74, 6) is -2.23. The lowest BCUT2D eigenvalue weighted by Gasteiger charge is -2.28. The fraction of sp³-hybridized carbons (Fsp3) is 0.550. The van der Waals surface area contributed by atoms with Gasteiger partial charge >= 0.3 is 11.9 Å². The van der Waals surface area contributed by atoms with Crippen molar-refractivity contribution in [2.24, 2.45) is 17.8 Å². The summed E-state index contributed by atoms with van der Waals surface area (Å²) >= 11 is 0. The van der Waals surface area contributed by atoms with E-state index in [0.29, 0.717) is 12.0 Å². The van der Waals surface area contributed by atoms with Crippen molar-refractivity contribution in [2.45, 2.75) is 51.1 Å². The molecule has 0 aromatic heterocycles. The van der Waals surface area contributed by atoms with Crippen molar-refractivity contribution >= 4 is 17.7 Å². The Morgan fingerprint density at radius 2 is 1.96 bits per heavy atom. The summed E-state index contributed by atoms with van der Waals surface area (Å²) < 4.78 is 16.7. The second kappa shape index (κ2) is 5.39. The second-order valence-electron chi connectivity index (χ2n) is 7.89. The Morgan fingerprint density at radius 1 is 1.31 bits per heavy atom. The lowest BCUT2D eigenvalue weighted by Crippen LogP contribution is -2.38. The van der Waals surface area contributed by atoms with Crippen molar-refractivity contribution in [1.29, 1.82) is 0 Å². The molecule has 1 saturated carbocycles. The van der Waals surface area contributed by atoms with Gasteiger partial charge in [-0.15, -0.1) is 0 Å². The van der Waals surface area contributed by atoms with Crippen molar-refractivity contribution in [3.05, 3.63) is 36.0 Å². The first kappa shape index (κ1) is 17.2. The third-order valence-corrected chi connectivity index (χ3v) is 6.28. The summed E-state index contributed by atoms with van der Waals surface area (Å²) in [7, 11) is 0. The van der Waals surface area contributed by atoms with Gasteiger partial charge in [-0.25, -0.2) is 9.59 Å². The first-order valence-corrected chi connectivity index (χ1v) is 8.83. The van der Waals surface area contributed by atoms with Gasteiger partial charge in [-0.2, -0.15) is 0 Å². The lowest BCUT2D eigenvalue weighted by atomic mass is 9.80. The third kappa shape index (κ3) is 2.24. The largest absolute Gasteiger partial charge is 0.459 e. The maximum absolute atomic E-state index is 12.6. The van der Waals surface area contributed by atoms with Gasteiger partial charge in [0, 0.05) is 17.9 Å². The molecule has 0 radical (unpaired) electrons. The summed E-state index contributed by atoms with van der Waals surface area (Å²) in [5, 5.41) is 0. The highest BCUT2D eigenvalue weighted by atomic mass is 16.7. The van der Waals surface area contributed by atoms with E-state index in [2.05, 4.69) is 13.2 Å². The molecule has 7 unspecified atom stereocenters. The second-order valence-corrected chi connectivity index (χ2v) is 7.89. The Labute approximate surface area is 151 Å². The molecule has 4 rings (SSSR count). The molecule has 138 valence electrons. The van der Waals surface area contributed by atoms with E-state index in [1.54, 1.807) is 19.9 Å². The normalized spacial score (nSPS) is 44.0. The molecule has 0 spiro atoms. The number of fused-ring (bicyclic) bond motifs is 3. The first-order valence-electron chi connectivity index (χ1n) is 8.83. The molecule has 6 nitrogen and oxygen atoms in total. The highest BCUT2D eigenvalue weighted by Crippen LogP contribution is 2.50. The summed E-state index contributed by atoms with van der Waals surface area (Å²) in [5.41, 5.74) is 0.870. The zero-order chi connectivity index (χ0) is 19.0. The van der Waals surface area contributed by atoms with Gasteiger partial charge in [0.25, 0.3) is 0 Å². The zero-order valence-corrected chi connectivity index (χ0v) is 15.1. The van der Waals surface area contributed by atoms with Gasteiger partial charge in [0.15, 0.2) is 11.4 Å². The van der Waals surface area contributed by atoms with Crippen LogP contribution >= 0.6 is 0 Å². The average molecular weight is 358 g/mol. The molecule has 6 heteroatoms. The van der Waals surface area contributed by atoms with Crippen LogP contribution in [0.1, 0.15) is 27.2 Å². The first-order chi connectivity index (χ1) is 12.1. The van der Waals surface area contributed by atoms with Gasteiger partial charge < -0.3 is 14.2 Å². The molecule has 2 aliphatic heterocycles. The highest BCUT2D eigenvalue weighted by molar-refractivity contribution is 5.98. The number of rotatable bonds is 2. The maximum atomic E-state index is 12.6. The highest BCUT2D eigenvalue weighted by Gasteiger charge is 2.60. The van der Waals surface area contributed by atoms with Crippen molar-refractivity contribution in [3.8, 4) is 0 Å². The van der Waals surface area contributed by atoms with Crippen LogP contribution in [0.15, 0.2) is 36.0 Å². The molecule has 3 fully saturated rings. The van der Waals surface area contributed by atoms with Crippen LogP contribution in [0.2, 0.25) is 0 Å². The summed E-state index contributed by atoms with van der Waals surface area (Å²) in [4.78, 5) is 37.2. The monoisotopic (exact) mass is 358 g/mol. The number of allylic oxidation sites excluding steroid dienone is 1. The Morgan fingerprint density at radius 3 is 2.58 bits per heavy atom. The number of carbonyl (C=O) groups is 3. The van der Waals surface area contributed by atoms with E-state index in [1.807, 2.05) is 6.92 Å². The molecule has 0 amide bonds. The van der Waals surface area contributed by atoms with E-state index in [0.717, 1.165) is 5.57 Å². The SMILES string of the molecule is C=C1CC(OC(=O)C2(C)OC2C)C2C(=C)C(=O)OC2C2C(C)=CC(=O)C12. The van der Waals surface area contributed by atoms with Gasteiger partial charge in [0.05, 0.1) is 17.9 Å².